The molecule has 2 rings (SSSR count). The van der Waals surface area contributed by atoms with Crippen molar-refractivity contribution in [3.63, 3.8) is 0 Å². The summed E-state index contributed by atoms with van der Waals surface area (Å²) in [7, 11) is 0. The molecule has 4 nitrogen and oxygen atoms in total. The van der Waals surface area contributed by atoms with E-state index < -0.39 is 0 Å². The summed E-state index contributed by atoms with van der Waals surface area (Å²) in [5, 5.41) is 0. The van der Waals surface area contributed by atoms with E-state index in [0.29, 0.717) is 6.54 Å². The van der Waals surface area contributed by atoms with Crippen molar-refractivity contribution in [2.45, 2.75) is 27.3 Å². The number of hydrogen-bond donors (Lipinski definition) is 0. The van der Waals surface area contributed by atoms with Gasteiger partial charge < -0.3 is 14.4 Å². The smallest absolute Gasteiger partial charge is 0.242 e. The molecule has 0 atom stereocenters. The molecule has 100 valence electrons. The van der Waals surface area contributed by atoms with Crippen LogP contribution in [0.2, 0.25) is 0 Å². The molecule has 0 saturated carbocycles. The minimum atomic E-state index is 0.244. The normalized spacial score (nSPS) is 17.2. The fraction of sp³-hybridized carbons (Fsp3) is 0.643. The van der Waals surface area contributed by atoms with E-state index >= 15 is 0 Å². The molecule has 1 aliphatic heterocycles. The van der Waals surface area contributed by atoms with Crippen LogP contribution < -0.4 is 0 Å². The average molecular weight is 249 g/mol. The van der Waals surface area contributed by atoms with Gasteiger partial charge in [-0.15, -0.1) is 0 Å². The molecule has 1 fully saturated rings. The molecule has 0 aromatic carbocycles. The van der Waals surface area contributed by atoms with Crippen LogP contribution in [-0.4, -0.2) is 53.0 Å². The first-order chi connectivity index (χ1) is 8.61. The molecule has 1 aromatic heterocycles. The van der Waals surface area contributed by atoms with E-state index in [4.69, 9.17) is 0 Å². The van der Waals surface area contributed by atoms with E-state index in [0.717, 1.165) is 44.1 Å². The third-order valence-electron chi connectivity index (χ3n) is 3.88. The Kier molecular flexibility index (Phi) is 4.07. The molecule has 1 saturated heterocycles. The molecule has 4 heteroatoms. The Morgan fingerprint density at radius 3 is 2.17 bits per heavy atom. The lowest BCUT2D eigenvalue weighted by molar-refractivity contribution is -0.133. The number of piperazine rings is 1. The number of nitrogens with zero attached hydrogens (tertiary/aromatic N) is 3. The van der Waals surface area contributed by atoms with Gasteiger partial charge in [-0.1, -0.05) is 6.92 Å². The Hall–Kier alpha value is -1.29. The highest BCUT2D eigenvalue weighted by molar-refractivity contribution is 5.76. The van der Waals surface area contributed by atoms with Gasteiger partial charge in [0, 0.05) is 37.6 Å². The molecule has 1 amide bonds. The lowest BCUT2D eigenvalue weighted by Gasteiger charge is -2.34. The zero-order valence-corrected chi connectivity index (χ0v) is 11.6. The third kappa shape index (κ3) is 2.75. The summed E-state index contributed by atoms with van der Waals surface area (Å²) < 4.78 is 2.09. The van der Waals surface area contributed by atoms with Crippen LogP contribution in [0.4, 0.5) is 0 Å². The van der Waals surface area contributed by atoms with Crippen LogP contribution in [-0.2, 0) is 11.3 Å². The van der Waals surface area contributed by atoms with Gasteiger partial charge in [-0.25, -0.2) is 0 Å². The maximum absolute atomic E-state index is 12.3. The predicted molar refractivity (Wildman–Crippen MR) is 72.6 cm³/mol. The monoisotopic (exact) mass is 249 g/mol. The largest absolute Gasteiger partial charge is 0.340 e. The topological polar surface area (TPSA) is 28.5 Å². The minimum absolute atomic E-state index is 0.244. The van der Waals surface area contributed by atoms with Crippen LogP contribution in [0.3, 0.4) is 0 Å². The number of amides is 1. The number of rotatable bonds is 3. The molecule has 18 heavy (non-hydrogen) atoms. The second-order valence-electron chi connectivity index (χ2n) is 5.02. The second kappa shape index (κ2) is 5.57. The zero-order valence-electron chi connectivity index (χ0n) is 11.6. The standard InChI is InChI=1S/C14H23N3O/c1-4-15-7-9-16(10-8-15)14(18)11-17-12(2)5-6-13(17)3/h5-6H,4,7-11H2,1-3H3. The summed E-state index contributed by atoms with van der Waals surface area (Å²) in [6, 6.07) is 4.13. The van der Waals surface area contributed by atoms with Crippen molar-refractivity contribution in [2.75, 3.05) is 32.7 Å². The number of hydrogen-bond acceptors (Lipinski definition) is 2. The van der Waals surface area contributed by atoms with Crippen molar-refractivity contribution < 1.29 is 4.79 Å². The molecule has 0 radical (unpaired) electrons. The molecule has 0 bridgehead atoms. The molecule has 1 aliphatic rings. The maximum Gasteiger partial charge on any atom is 0.242 e. The summed E-state index contributed by atoms with van der Waals surface area (Å²) in [4.78, 5) is 16.6. The van der Waals surface area contributed by atoms with E-state index in [-0.39, 0.29) is 5.91 Å². The minimum Gasteiger partial charge on any atom is -0.340 e. The van der Waals surface area contributed by atoms with Crippen molar-refractivity contribution in [3.05, 3.63) is 23.5 Å². The third-order valence-corrected chi connectivity index (χ3v) is 3.88. The molecular formula is C14H23N3O. The maximum atomic E-state index is 12.3. The number of aromatic nitrogens is 1. The van der Waals surface area contributed by atoms with Crippen LogP contribution in [0.15, 0.2) is 12.1 Å². The van der Waals surface area contributed by atoms with Gasteiger partial charge in [-0.2, -0.15) is 0 Å². The molecule has 1 aromatic rings. The van der Waals surface area contributed by atoms with Crippen molar-refractivity contribution in [3.8, 4) is 0 Å². The molecule has 0 N–H and O–H groups in total. The number of carbonyl (C=O) groups is 1. The number of aryl methyl sites for hydroxylation is 2. The first kappa shape index (κ1) is 13.1. The zero-order chi connectivity index (χ0) is 13.1. The average Bonchev–Trinajstić information content (AvgIpc) is 2.70. The Morgan fingerprint density at radius 1 is 1.11 bits per heavy atom. The molecule has 0 aliphatic carbocycles. The van der Waals surface area contributed by atoms with Crippen molar-refractivity contribution in [2.24, 2.45) is 0 Å². The van der Waals surface area contributed by atoms with Gasteiger partial charge in [0.25, 0.3) is 0 Å². The van der Waals surface area contributed by atoms with Crippen LogP contribution >= 0.6 is 0 Å². The molecule has 2 heterocycles. The van der Waals surface area contributed by atoms with Crippen molar-refractivity contribution in [1.29, 1.82) is 0 Å². The van der Waals surface area contributed by atoms with E-state index in [9.17, 15) is 4.79 Å². The Labute approximate surface area is 109 Å². The van der Waals surface area contributed by atoms with Gasteiger partial charge in [0.1, 0.15) is 6.54 Å². The Balaban J connectivity index is 1.93. The van der Waals surface area contributed by atoms with E-state index in [1.807, 2.05) is 4.90 Å². The Morgan fingerprint density at radius 2 is 1.67 bits per heavy atom. The van der Waals surface area contributed by atoms with Gasteiger partial charge in [0.15, 0.2) is 0 Å². The van der Waals surface area contributed by atoms with E-state index in [2.05, 4.69) is 42.4 Å². The van der Waals surface area contributed by atoms with Gasteiger partial charge in [0.05, 0.1) is 0 Å². The first-order valence-electron chi connectivity index (χ1n) is 6.74. The van der Waals surface area contributed by atoms with E-state index in [1.54, 1.807) is 0 Å². The van der Waals surface area contributed by atoms with Gasteiger partial charge >= 0.3 is 0 Å². The highest BCUT2D eigenvalue weighted by Crippen LogP contribution is 2.09. The van der Waals surface area contributed by atoms with Gasteiger partial charge in [0.2, 0.25) is 5.91 Å². The summed E-state index contributed by atoms with van der Waals surface area (Å²) >= 11 is 0. The quantitative estimate of drug-likeness (QED) is 0.807. The summed E-state index contributed by atoms with van der Waals surface area (Å²) in [5.41, 5.74) is 2.32. The first-order valence-corrected chi connectivity index (χ1v) is 6.74. The van der Waals surface area contributed by atoms with Crippen LogP contribution in [0, 0.1) is 13.8 Å². The van der Waals surface area contributed by atoms with Crippen molar-refractivity contribution in [1.82, 2.24) is 14.4 Å². The molecule has 0 spiro atoms. The number of carbonyl (C=O) groups excluding carboxylic acids is 1. The summed E-state index contributed by atoms with van der Waals surface area (Å²) in [6.07, 6.45) is 0. The predicted octanol–water partition coefficient (Wildman–Crippen LogP) is 1.27. The van der Waals surface area contributed by atoms with Crippen LogP contribution in [0.25, 0.3) is 0 Å². The number of likely N-dealkylation sites (N-methyl/N-ethyl adjacent to an activating group) is 1. The molecular weight excluding hydrogens is 226 g/mol. The van der Waals surface area contributed by atoms with Crippen molar-refractivity contribution >= 4 is 5.91 Å². The summed E-state index contributed by atoms with van der Waals surface area (Å²) in [6.45, 7) is 11.6. The summed E-state index contributed by atoms with van der Waals surface area (Å²) in [5.74, 6) is 0.244. The van der Waals surface area contributed by atoms with Gasteiger partial charge in [-0.05, 0) is 32.5 Å². The fourth-order valence-electron chi connectivity index (χ4n) is 2.50. The second-order valence-corrected chi connectivity index (χ2v) is 5.02. The molecule has 0 unspecified atom stereocenters. The van der Waals surface area contributed by atoms with Crippen LogP contribution in [0.1, 0.15) is 18.3 Å². The fourth-order valence-corrected chi connectivity index (χ4v) is 2.50. The van der Waals surface area contributed by atoms with Gasteiger partial charge in [-0.3, -0.25) is 4.79 Å². The Bertz CT molecular complexity index is 397. The van der Waals surface area contributed by atoms with Crippen LogP contribution in [0.5, 0.6) is 0 Å². The lowest BCUT2D eigenvalue weighted by Crippen LogP contribution is -2.49. The van der Waals surface area contributed by atoms with E-state index in [1.165, 1.54) is 0 Å². The highest BCUT2D eigenvalue weighted by Gasteiger charge is 2.20. The SMILES string of the molecule is CCN1CCN(C(=O)Cn2c(C)ccc2C)CC1. The highest BCUT2D eigenvalue weighted by atomic mass is 16.2. The lowest BCUT2D eigenvalue weighted by atomic mass is 10.3.